The van der Waals surface area contributed by atoms with Gasteiger partial charge in [-0.3, -0.25) is 10.1 Å². The summed E-state index contributed by atoms with van der Waals surface area (Å²) in [6, 6.07) is 4.86. The molecular weight excluding hydrogens is 272 g/mol. The van der Waals surface area contributed by atoms with Crippen LogP contribution in [0.3, 0.4) is 0 Å². The second-order valence-electron chi connectivity index (χ2n) is 4.17. The van der Waals surface area contributed by atoms with Crippen molar-refractivity contribution in [2.45, 2.75) is 13.3 Å². The van der Waals surface area contributed by atoms with Gasteiger partial charge in [0.2, 0.25) is 0 Å². The van der Waals surface area contributed by atoms with Crippen molar-refractivity contribution in [1.82, 2.24) is 10.6 Å². The molecule has 0 radical (unpaired) electrons. The molecule has 0 aliphatic heterocycles. The number of nitrogens with one attached hydrogen (secondary N) is 2. The van der Waals surface area contributed by atoms with Crippen molar-refractivity contribution >= 4 is 11.9 Å². The van der Waals surface area contributed by atoms with Gasteiger partial charge in [0.05, 0.1) is 7.11 Å². The molecule has 0 atom stereocenters. The molecule has 1 aromatic carbocycles. The fraction of sp³-hybridized carbons (Fsp3) is 0.333. The molecule has 0 aliphatic carbocycles. The third-order valence-corrected chi connectivity index (χ3v) is 2.56. The Balaban J connectivity index is 2.60. The zero-order valence-electron chi connectivity index (χ0n) is 12.3. The minimum Gasteiger partial charge on any atom is -0.493 e. The molecule has 0 saturated heterocycles. The molecule has 0 fully saturated rings. The zero-order valence-corrected chi connectivity index (χ0v) is 12.3. The first-order valence-corrected chi connectivity index (χ1v) is 6.59. The van der Waals surface area contributed by atoms with Crippen LogP contribution in [0.5, 0.6) is 11.5 Å². The number of urea groups is 1. The van der Waals surface area contributed by atoms with Crippen molar-refractivity contribution < 1.29 is 19.1 Å². The van der Waals surface area contributed by atoms with Crippen LogP contribution in [-0.4, -0.2) is 32.2 Å². The lowest BCUT2D eigenvalue weighted by atomic mass is 10.1. The van der Waals surface area contributed by atoms with Crippen LogP contribution < -0.4 is 20.1 Å². The topological polar surface area (TPSA) is 76.7 Å². The van der Waals surface area contributed by atoms with Crippen LogP contribution in [0.15, 0.2) is 30.9 Å². The smallest absolute Gasteiger partial charge is 0.321 e. The third-order valence-electron chi connectivity index (χ3n) is 2.56. The van der Waals surface area contributed by atoms with Gasteiger partial charge in [0.25, 0.3) is 5.91 Å². The Labute approximate surface area is 124 Å². The first-order valence-electron chi connectivity index (χ1n) is 6.59. The van der Waals surface area contributed by atoms with Crippen LogP contribution in [-0.2, 0) is 11.2 Å². The molecule has 0 spiro atoms. The molecule has 0 heterocycles. The van der Waals surface area contributed by atoms with Gasteiger partial charge in [-0.05, 0) is 31.0 Å². The fourth-order valence-corrected chi connectivity index (χ4v) is 1.64. The van der Waals surface area contributed by atoms with Crippen LogP contribution in [0.4, 0.5) is 4.79 Å². The zero-order chi connectivity index (χ0) is 15.7. The van der Waals surface area contributed by atoms with Gasteiger partial charge in [0, 0.05) is 6.54 Å². The third kappa shape index (κ3) is 5.56. The SMILES string of the molecule is C=CCc1ccc(OCC(=O)NC(=O)NCC)c(OC)c1. The number of carbonyl (C=O) groups is 2. The highest BCUT2D eigenvalue weighted by molar-refractivity contribution is 5.94. The summed E-state index contributed by atoms with van der Waals surface area (Å²) < 4.78 is 10.6. The molecule has 0 aliphatic rings. The Bertz CT molecular complexity index is 514. The maximum Gasteiger partial charge on any atom is 0.321 e. The van der Waals surface area contributed by atoms with Crippen molar-refractivity contribution in [1.29, 1.82) is 0 Å². The normalized spacial score (nSPS) is 9.62. The van der Waals surface area contributed by atoms with E-state index < -0.39 is 11.9 Å². The quantitative estimate of drug-likeness (QED) is 0.749. The number of methoxy groups -OCH3 is 1. The molecule has 0 bridgehead atoms. The van der Waals surface area contributed by atoms with Gasteiger partial charge < -0.3 is 14.8 Å². The summed E-state index contributed by atoms with van der Waals surface area (Å²) in [6.07, 6.45) is 2.50. The molecule has 1 aromatic rings. The summed E-state index contributed by atoms with van der Waals surface area (Å²) in [4.78, 5) is 22.7. The van der Waals surface area contributed by atoms with E-state index in [4.69, 9.17) is 9.47 Å². The average molecular weight is 292 g/mol. The molecule has 6 nitrogen and oxygen atoms in total. The number of hydrogen-bond donors (Lipinski definition) is 2. The van der Waals surface area contributed by atoms with Gasteiger partial charge >= 0.3 is 6.03 Å². The average Bonchev–Trinajstić information content (AvgIpc) is 2.46. The first kappa shape index (κ1) is 16.6. The van der Waals surface area contributed by atoms with Gasteiger partial charge in [0.1, 0.15) is 0 Å². The lowest BCUT2D eigenvalue weighted by Crippen LogP contribution is -2.41. The monoisotopic (exact) mass is 292 g/mol. The van der Waals surface area contributed by atoms with E-state index in [1.807, 2.05) is 12.1 Å². The number of carbonyl (C=O) groups excluding carboxylic acids is 2. The molecule has 6 heteroatoms. The molecule has 0 saturated carbocycles. The minimum atomic E-state index is -0.542. The summed E-state index contributed by atoms with van der Waals surface area (Å²) in [5.41, 5.74) is 1.03. The molecule has 3 amide bonds. The van der Waals surface area contributed by atoms with E-state index >= 15 is 0 Å². The molecule has 1 rings (SSSR count). The second-order valence-corrected chi connectivity index (χ2v) is 4.17. The summed E-state index contributed by atoms with van der Waals surface area (Å²) in [5.74, 6) is 0.440. The van der Waals surface area contributed by atoms with Crippen molar-refractivity contribution in [3.8, 4) is 11.5 Å². The van der Waals surface area contributed by atoms with E-state index in [1.54, 1.807) is 19.1 Å². The molecule has 21 heavy (non-hydrogen) atoms. The van der Waals surface area contributed by atoms with Gasteiger partial charge in [-0.1, -0.05) is 12.1 Å². The molecule has 0 unspecified atom stereocenters. The maximum atomic E-state index is 11.5. The highest BCUT2D eigenvalue weighted by Crippen LogP contribution is 2.28. The van der Waals surface area contributed by atoms with Gasteiger partial charge in [-0.25, -0.2) is 4.79 Å². The lowest BCUT2D eigenvalue weighted by molar-refractivity contribution is -0.122. The van der Waals surface area contributed by atoms with Crippen LogP contribution in [0, 0.1) is 0 Å². The van der Waals surface area contributed by atoms with E-state index in [2.05, 4.69) is 17.2 Å². The van der Waals surface area contributed by atoms with Crippen LogP contribution >= 0.6 is 0 Å². The Kier molecular flexibility index (Phi) is 6.80. The highest BCUT2D eigenvalue weighted by atomic mass is 16.5. The van der Waals surface area contributed by atoms with E-state index in [-0.39, 0.29) is 6.61 Å². The molecule has 0 aromatic heterocycles. The summed E-state index contributed by atoms with van der Waals surface area (Å²) in [5, 5.41) is 4.61. The van der Waals surface area contributed by atoms with Crippen LogP contribution in [0.25, 0.3) is 0 Å². The van der Waals surface area contributed by atoms with Crippen LogP contribution in [0.2, 0.25) is 0 Å². The van der Waals surface area contributed by atoms with Crippen molar-refractivity contribution in [3.63, 3.8) is 0 Å². The lowest BCUT2D eigenvalue weighted by Gasteiger charge is -2.11. The summed E-state index contributed by atoms with van der Waals surface area (Å²) in [7, 11) is 1.52. The second kappa shape index (κ2) is 8.63. The van der Waals surface area contributed by atoms with Crippen molar-refractivity contribution in [3.05, 3.63) is 36.4 Å². The summed E-state index contributed by atoms with van der Waals surface area (Å²) >= 11 is 0. The van der Waals surface area contributed by atoms with Gasteiger partial charge in [0.15, 0.2) is 18.1 Å². The number of benzene rings is 1. The Morgan fingerprint density at radius 1 is 1.33 bits per heavy atom. The predicted molar refractivity (Wildman–Crippen MR) is 79.6 cm³/mol. The largest absolute Gasteiger partial charge is 0.493 e. The Morgan fingerprint density at radius 3 is 2.71 bits per heavy atom. The van der Waals surface area contributed by atoms with E-state index in [9.17, 15) is 9.59 Å². The number of allylic oxidation sites excluding steroid dienone is 1. The van der Waals surface area contributed by atoms with Crippen LogP contribution in [0.1, 0.15) is 12.5 Å². The Morgan fingerprint density at radius 2 is 2.10 bits per heavy atom. The summed E-state index contributed by atoms with van der Waals surface area (Å²) in [6.45, 7) is 5.61. The maximum absolute atomic E-state index is 11.5. The predicted octanol–water partition coefficient (Wildman–Crippen LogP) is 1.65. The highest BCUT2D eigenvalue weighted by Gasteiger charge is 2.10. The molecule has 2 N–H and O–H groups in total. The number of rotatable bonds is 7. The van der Waals surface area contributed by atoms with E-state index in [0.717, 1.165) is 5.56 Å². The van der Waals surface area contributed by atoms with E-state index in [1.165, 1.54) is 7.11 Å². The number of imide groups is 1. The fourth-order valence-electron chi connectivity index (χ4n) is 1.64. The molecular formula is C15H20N2O4. The van der Waals surface area contributed by atoms with Gasteiger partial charge in [-0.2, -0.15) is 0 Å². The molecule has 114 valence electrons. The van der Waals surface area contributed by atoms with E-state index in [0.29, 0.717) is 24.5 Å². The van der Waals surface area contributed by atoms with Gasteiger partial charge in [-0.15, -0.1) is 6.58 Å². The number of ether oxygens (including phenoxy) is 2. The van der Waals surface area contributed by atoms with Crippen molar-refractivity contribution in [2.24, 2.45) is 0 Å². The first-order chi connectivity index (χ1) is 10.1. The standard InChI is InChI=1S/C15H20N2O4/c1-4-6-11-7-8-12(13(9-11)20-3)21-10-14(18)17-15(19)16-5-2/h4,7-9H,1,5-6,10H2,2-3H3,(H2,16,17,18,19). The minimum absolute atomic E-state index is 0.270. The van der Waals surface area contributed by atoms with Crippen molar-refractivity contribution in [2.75, 3.05) is 20.3 Å². The Hall–Kier alpha value is -2.50. The number of amides is 3. The number of hydrogen-bond acceptors (Lipinski definition) is 4.